The molecule has 2 bridgehead atoms. The van der Waals surface area contributed by atoms with Crippen molar-refractivity contribution in [2.45, 2.75) is 128 Å². The third-order valence-corrected chi connectivity index (χ3v) is 13.1. The molecule has 1 aliphatic heterocycles. The minimum absolute atomic E-state index is 0.0333. The predicted octanol–water partition coefficient (Wildman–Crippen LogP) is 4.45. The zero-order valence-corrected chi connectivity index (χ0v) is 32.3. The number of fused-ring (bicyclic) bond motifs is 3. The second-order valence-corrected chi connectivity index (χ2v) is 16.7. The first-order valence-electron chi connectivity index (χ1n) is 18.2. The number of carbonyl (C=O) groups excluding carboxylic acids is 2. The van der Waals surface area contributed by atoms with E-state index in [0.717, 1.165) is 24.8 Å². The lowest BCUT2D eigenvalue weighted by atomic mass is 9.43. The fourth-order valence-electron chi connectivity index (χ4n) is 10.1. The molecule has 0 radical (unpaired) electrons. The molecule has 1 saturated heterocycles. The Kier molecular flexibility index (Phi) is 15.3. The van der Waals surface area contributed by atoms with Crippen molar-refractivity contribution in [3.05, 3.63) is 12.2 Å². The Labute approximate surface area is 326 Å². The van der Waals surface area contributed by atoms with Crippen LogP contribution < -0.4 is 0 Å². The minimum atomic E-state index is -1.52. The Morgan fingerprint density at radius 3 is 2.27 bits per heavy atom. The van der Waals surface area contributed by atoms with E-state index in [0.29, 0.717) is 19.3 Å². The van der Waals surface area contributed by atoms with E-state index < -0.39 is 103 Å². The number of carboxylic acid groups (broad SMARTS) is 2. The van der Waals surface area contributed by atoms with Crippen molar-refractivity contribution in [2.24, 2.45) is 40.4 Å². The fourth-order valence-corrected chi connectivity index (χ4v) is 10.9. The molecule has 1 heterocycles. The Balaban J connectivity index is 1.48. The molecule has 4 saturated carbocycles. The van der Waals surface area contributed by atoms with Gasteiger partial charge in [-0.2, -0.15) is 0 Å². The standard InChI is InChI=1S/C34H50O19S2/c1-16(2)11-26(38)47-29-28(49-55-53-51-43)27(48-54-52-50-42)22(15-44-25(37)8-7-24(35)36)46-32(29)45-19-12-20(31(40)41)21-9-10-34-13-18(17(3)30(34)39)5-6-23(34)33(21,4)14-19/h16,18-23,27-30,32,39,42-43H,3,5-15H2,1-2,4H3,(H,35,36)(H,40,41)/t18?,19?,20?,21?,22-,23?,27-,28?,29?,30+,32?,33?,34?/m1/s1. The Morgan fingerprint density at radius 2 is 1.64 bits per heavy atom. The van der Waals surface area contributed by atoms with Crippen LogP contribution >= 0.6 is 24.6 Å². The monoisotopic (exact) mass is 826 g/mol. The van der Waals surface area contributed by atoms with Gasteiger partial charge in [0.05, 0.1) is 31.0 Å². The van der Waals surface area contributed by atoms with Crippen LogP contribution in [-0.2, 0) is 65.2 Å². The van der Waals surface area contributed by atoms with Gasteiger partial charge in [-0.25, -0.2) is 10.5 Å². The van der Waals surface area contributed by atoms with Crippen LogP contribution in [0.3, 0.4) is 0 Å². The van der Waals surface area contributed by atoms with Crippen molar-refractivity contribution < 1.29 is 91.1 Å². The van der Waals surface area contributed by atoms with Gasteiger partial charge in [0.15, 0.2) is 37.0 Å². The van der Waals surface area contributed by atoms with Crippen molar-refractivity contribution >= 4 is 48.5 Å². The van der Waals surface area contributed by atoms with Crippen LogP contribution in [0.2, 0.25) is 0 Å². The summed E-state index contributed by atoms with van der Waals surface area (Å²) in [7, 11) is 0. The molecule has 10 unspecified atom stereocenters. The summed E-state index contributed by atoms with van der Waals surface area (Å²) in [4.78, 5) is 49.8. The number of carbonyl (C=O) groups is 4. The third-order valence-electron chi connectivity index (χ3n) is 12.2. The van der Waals surface area contributed by atoms with Gasteiger partial charge in [-0.05, 0) is 79.6 Å². The van der Waals surface area contributed by atoms with Crippen LogP contribution in [-0.4, -0.2) is 99.2 Å². The lowest BCUT2D eigenvalue weighted by molar-refractivity contribution is -0.436. The molecule has 5 aliphatic rings. The first kappa shape index (κ1) is 44.0. The highest BCUT2D eigenvalue weighted by Crippen LogP contribution is 2.70. The number of carboxylic acids is 2. The highest BCUT2D eigenvalue weighted by Gasteiger charge is 2.67. The van der Waals surface area contributed by atoms with Gasteiger partial charge in [-0.15, -0.1) is 8.67 Å². The molecule has 5 fully saturated rings. The van der Waals surface area contributed by atoms with Gasteiger partial charge in [-0.3, -0.25) is 27.5 Å². The number of aliphatic hydroxyl groups is 1. The molecular weight excluding hydrogens is 776 g/mol. The summed E-state index contributed by atoms with van der Waals surface area (Å²) in [6.45, 7) is 9.29. The molecule has 1 spiro atoms. The molecule has 0 aromatic heterocycles. The maximum Gasteiger partial charge on any atom is 0.306 e. The minimum Gasteiger partial charge on any atom is -0.481 e. The summed E-state index contributed by atoms with van der Waals surface area (Å²) < 4.78 is 44.4. The van der Waals surface area contributed by atoms with Gasteiger partial charge < -0.3 is 34.3 Å². The first-order valence-corrected chi connectivity index (χ1v) is 19.6. The number of ether oxygens (including phenoxy) is 4. The van der Waals surface area contributed by atoms with E-state index in [9.17, 15) is 29.4 Å². The molecule has 0 amide bonds. The molecule has 4 aliphatic carbocycles. The van der Waals surface area contributed by atoms with Crippen LogP contribution in [0.4, 0.5) is 0 Å². The van der Waals surface area contributed by atoms with E-state index >= 15 is 0 Å². The molecule has 21 heteroatoms. The van der Waals surface area contributed by atoms with Gasteiger partial charge in [0.25, 0.3) is 0 Å². The van der Waals surface area contributed by atoms with E-state index in [2.05, 4.69) is 32.2 Å². The maximum atomic E-state index is 13.3. The maximum absolute atomic E-state index is 13.3. The summed E-state index contributed by atoms with van der Waals surface area (Å²) >= 11 is 0.204. The van der Waals surface area contributed by atoms with Crippen molar-refractivity contribution in [3.63, 3.8) is 0 Å². The van der Waals surface area contributed by atoms with Crippen molar-refractivity contribution in [3.8, 4) is 0 Å². The zero-order chi connectivity index (χ0) is 40.1. The number of esters is 2. The first-order chi connectivity index (χ1) is 26.1. The van der Waals surface area contributed by atoms with Crippen LogP contribution in [0, 0.1) is 40.4 Å². The van der Waals surface area contributed by atoms with Crippen LogP contribution in [0.1, 0.15) is 85.0 Å². The largest absolute Gasteiger partial charge is 0.481 e. The molecule has 5 N–H and O–H groups in total. The van der Waals surface area contributed by atoms with Crippen molar-refractivity contribution in [1.82, 2.24) is 0 Å². The van der Waals surface area contributed by atoms with Gasteiger partial charge in [0.2, 0.25) is 0 Å². The van der Waals surface area contributed by atoms with Gasteiger partial charge >= 0.3 is 23.9 Å². The van der Waals surface area contributed by atoms with Crippen LogP contribution in [0.15, 0.2) is 12.2 Å². The van der Waals surface area contributed by atoms with Crippen LogP contribution in [0.25, 0.3) is 0 Å². The Hall–Kier alpha value is -2.12. The quantitative estimate of drug-likeness (QED) is 0.0229. The highest BCUT2D eigenvalue weighted by molar-refractivity contribution is 7.90. The number of rotatable bonds is 19. The molecule has 5 rings (SSSR count). The van der Waals surface area contributed by atoms with Crippen LogP contribution in [0.5, 0.6) is 0 Å². The van der Waals surface area contributed by atoms with E-state index in [1.54, 1.807) is 13.8 Å². The average molecular weight is 827 g/mol. The number of aliphatic carboxylic acids is 2. The second-order valence-electron chi connectivity index (χ2n) is 15.8. The lowest BCUT2D eigenvalue weighted by Crippen LogP contribution is -2.63. The highest BCUT2D eigenvalue weighted by atomic mass is 32.2. The van der Waals surface area contributed by atoms with E-state index in [1.807, 2.05) is 0 Å². The van der Waals surface area contributed by atoms with Crippen molar-refractivity contribution in [1.29, 1.82) is 0 Å². The molecule has 13 atom stereocenters. The predicted molar refractivity (Wildman–Crippen MR) is 185 cm³/mol. The average Bonchev–Trinajstić information content (AvgIpc) is 3.29. The Bertz CT molecular complexity index is 1390. The van der Waals surface area contributed by atoms with E-state index in [4.69, 9.17) is 42.9 Å². The summed E-state index contributed by atoms with van der Waals surface area (Å²) in [6.07, 6.45) is -5.63. The SMILES string of the molecule is C=C1C2CCC3C4(C)CC(OC5O[C@H](COC(=O)CCC(=O)O)[C@@H](OSOOO)C(OSOOO)C5OC(=O)CC(C)C)CC(C(=O)O)C4CCC3(C2)[C@H]1O. The van der Waals surface area contributed by atoms with E-state index in [-0.39, 0.29) is 61.2 Å². The molecule has 0 aromatic rings. The normalized spacial score (nSPS) is 38.2. The Morgan fingerprint density at radius 1 is 0.945 bits per heavy atom. The third kappa shape index (κ3) is 9.78. The molecular formula is C34H50O19S2. The summed E-state index contributed by atoms with van der Waals surface area (Å²) in [6, 6.07) is 0. The van der Waals surface area contributed by atoms with Gasteiger partial charge in [-0.1, -0.05) is 37.4 Å². The molecule has 55 heavy (non-hydrogen) atoms. The second kappa shape index (κ2) is 19.1. The summed E-state index contributed by atoms with van der Waals surface area (Å²) in [5, 5.41) is 56.0. The zero-order valence-electron chi connectivity index (χ0n) is 30.7. The van der Waals surface area contributed by atoms with Gasteiger partial charge in [0.1, 0.15) is 24.9 Å². The van der Waals surface area contributed by atoms with Crippen molar-refractivity contribution in [2.75, 3.05) is 6.61 Å². The molecule has 312 valence electrons. The van der Waals surface area contributed by atoms with Gasteiger partial charge in [0, 0.05) is 11.8 Å². The number of hydrogen-bond acceptors (Lipinski definition) is 19. The number of aliphatic hydroxyl groups excluding tert-OH is 1. The number of hydrogen-bond donors (Lipinski definition) is 5. The molecule has 19 nitrogen and oxygen atoms in total. The lowest BCUT2D eigenvalue weighted by Gasteiger charge is -2.62. The fraction of sp³-hybridized carbons (Fsp3) is 0.824. The summed E-state index contributed by atoms with van der Waals surface area (Å²) in [5.41, 5.74) is -0.194. The topological polar surface area (TPSA) is 262 Å². The molecule has 0 aromatic carbocycles. The smallest absolute Gasteiger partial charge is 0.306 e. The van der Waals surface area contributed by atoms with E-state index in [1.165, 1.54) is 0 Å². The summed E-state index contributed by atoms with van der Waals surface area (Å²) in [5.74, 6) is -4.81.